The van der Waals surface area contributed by atoms with Gasteiger partial charge in [-0.2, -0.15) is 4.91 Å². The van der Waals surface area contributed by atoms with E-state index in [4.69, 9.17) is 4.91 Å². The molecule has 0 aromatic rings. The largest absolute Gasteiger partial charge is 0.308 e. The second-order valence-corrected chi connectivity index (χ2v) is 5.64. The van der Waals surface area contributed by atoms with Crippen LogP contribution in [0.3, 0.4) is 0 Å². The van der Waals surface area contributed by atoms with Gasteiger partial charge < -0.3 is 5.32 Å². The lowest BCUT2D eigenvalue weighted by Gasteiger charge is -2.60. The number of hydrogen-bond donors (Lipinski definition) is 2. The maximum atomic E-state index is 14.1. The molecule has 4 rings (SSSR count). The first kappa shape index (κ1) is 10.9. The zero-order valence-corrected chi connectivity index (χ0v) is 8.78. The van der Waals surface area contributed by atoms with Crippen molar-refractivity contribution in [3.8, 4) is 0 Å². The number of piperidine rings is 2. The van der Waals surface area contributed by atoms with Crippen LogP contribution in [0.1, 0.15) is 39.0 Å². The lowest BCUT2D eigenvalue weighted by molar-refractivity contribution is -0.136. The first-order valence-electron chi connectivity index (χ1n) is 5.27. The van der Waals surface area contributed by atoms with E-state index in [-0.39, 0.29) is 18.0 Å². The van der Waals surface area contributed by atoms with E-state index in [0.717, 1.165) is 0 Å². The fourth-order valence-corrected chi connectivity index (χ4v) is 4.09. The van der Waals surface area contributed by atoms with Crippen LogP contribution in [0.15, 0.2) is 0 Å². The molecule has 4 bridgehead atoms. The van der Waals surface area contributed by atoms with Crippen LogP contribution >= 0.6 is 0 Å². The number of nitroso groups, excluding NO2 is 1. The van der Waals surface area contributed by atoms with Crippen molar-refractivity contribution in [3.63, 3.8) is 0 Å². The van der Waals surface area contributed by atoms with Gasteiger partial charge in [0.05, 0.1) is 0 Å². The molecule has 2 atom stereocenters. The Balaban J connectivity index is 0.000000404. The highest BCUT2D eigenvalue weighted by Gasteiger charge is 2.63. The van der Waals surface area contributed by atoms with Crippen molar-refractivity contribution in [3.05, 3.63) is 4.91 Å². The molecular formula is C10H16F2N2O. The second-order valence-electron chi connectivity index (χ2n) is 5.64. The normalized spacial score (nSPS) is 56.1. The van der Waals surface area contributed by atoms with Gasteiger partial charge in [-0.15, -0.1) is 0 Å². The zero-order chi connectivity index (χ0) is 11.3. The van der Waals surface area contributed by atoms with Gasteiger partial charge in [-0.05, 0) is 32.6 Å². The van der Waals surface area contributed by atoms with Crippen molar-refractivity contribution in [2.45, 2.75) is 61.9 Å². The van der Waals surface area contributed by atoms with Crippen LogP contribution < -0.4 is 5.32 Å². The molecule has 2 saturated heterocycles. The average molecular weight is 218 g/mol. The quantitative estimate of drug-likeness (QED) is 0.613. The number of alkyl halides is 2. The summed E-state index contributed by atoms with van der Waals surface area (Å²) < 4.78 is 28.2. The van der Waals surface area contributed by atoms with Gasteiger partial charge in [0.15, 0.2) is 0 Å². The Bertz CT molecular complexity index is 236. The molecule has 0 aromatic carbocycles. The van der Waals surface area contributed by atoms with Crippen molar-refractivity contribution < 1.29 is 8.78 Å². The number of halogens is 2. The summed E-state index contributed by atoms with van der Waals surface area (Å²) in [5, 5.41) is 3.36. The Kier molecular flexibility index (Phi) is 2.16. The number of nitrogens with one attached hydrogen (secondary N) is 2. The van der Waals surface area contributed by atoms with Crippen LogP contribution in [0, 0.1) is 10.5 Å². The highest BCUT2D eigenvalue weighted by atomic mass is 19.2. The Morgan fingerprint density at radius 3 is 1.93 bits per heavy atom. The number of rotatable bonds is 0. The predicted molar refractivity (Wildman–Crippen MR) is 52.2 cm³/mol. The minimum absolute atomic E-state index is 0.0799. The molecule has 4 aliphatic rings. The van der Waals surface area contributed by atoms with Gasteiger partial charge >= 0.3 is 0 Å². The van der Waals surface area contributed by atoms with Crippen LogP contribution in [0.25, 0.3) is 0 Å². The molecule has 2 heterocycles. The standard InChI is InChI=1S/C10H15F2N.HNO/c1-8-4-9(11)2-7(13-8)3-10(12,5-8)6-9;1-2/h7,13H,2-6H2,1H3;1H. The topological polar surface area (TPSA) is 53.0 Å². The fraction of sp³-hybridized carbons (Fsp3) is 1.00. The summed E-state index contributed by atoms with van der Waals surface area (Å²) in [7, 11) is 0. The molecule has 86 valence electrons. The zero-order valence-electron chi connectivity index (χ0n) is 8.78. The molecule has 2 unspecified atom stereocenters. The van der Waals surface area contributed by atoms with Crippen molar-refractivity contribution in [1.82, 2.24) is 5.32 Å². The smallest absolute Gasteiger partial charge is 0.117 e. The van der Waals surface area contributed by atoms with Crippen molar-refractivity contribution >= 4 is 0 Å². The van der Waals surface area contributed by atoms with Crippen LogP contribution in [0.5, 0.6) is 0 Å². The summed E-state index contributed by atoms with van der Waals surface area (Å²) in [6.07, 6.45) is 2.20. The third-order valence-corrected chi connectivity index (χ3v) is 3.82. The van der Waals surface area contributed by atoms with E-state index in [1.807, 2.05) is 6.92 Å². The lowest BCUT2D eigenvalue weighted by Crippen LogP contribution is -2.71. The second kappa shape index (κ2) is 2.97. The van der Waals surface area contributed by atoms with E-state index in [1.165, 1.54) is 0 Å². The molecular weight excluding hydrogens is 202 g/mol. The molecule has 2 N–H and O–H groups in total. The Morgan fingerprint density at radius 1 is 1.13 bits per heavy atom. The monoisotopic (exact) mass is 218 g/mol. The summed E-state index contributed by atoms with van der Waals surface area (Å²) in [5.41, 5.74) is 1.80. The lowest BCUT2D eigenvalue weighted by atomic mass is 9.57. The third kappa shape index (κ3) is 1.67. The van der Waals surface area contributed by atoms with E-state index >= 15 is 0 Å². The first-order valence-corrected chi connectivity index (χ1v) is 5.27. The molecule has 0 amide bonds. The summed E-state index contributed by atoms with van der Waals surface area (Å²) >= 11 is 0. The van der Waals surface area contributed by atoms with Crippen LogP contribution in [-0.4, -0.2) is 22.9 Å². The van der Waals surface area contributed by atoms with Gasteiger partial charge in [0, 0.05) is 18.0 Å². The van der Waals surface area contributed by atoms with Gasteiger partial charge in [-0.3, -0.25) is 0 Å². The van der Waals surface area contributed by atoms with Crippen molar-refractivity contribution in [2.75, 3.05) is 0 Å². The molecule has 0 spiro atoms. The van der Waals surface area contributed by atoms with Gasteiger partial charge in [0.1, 0.15) is 11.3 Å². The summed E-state index contributed by atoms with van der Waals surface area (Å²) in [6, 6.07) is 0.0799. The van der Waals surface area contributed by atoms with Crippen molar-refractivity contribution in [1.29, 1.82) is 5.59 Å². The number of hydrogen-bond acceptors (Lipinski definition) is 3. The van der Waals surface area contributed by atoms with E-state index < -0.39 is 11.3 Å². The Hall–Kier alpha value is -0.580. The maximum absolute atomic E-state index is 14.1. The van der Waals surface area contributed by atoms with Gasteiger partial charge in [0.25, 0.3) is 0 Å². The van der Waals surface area contributed by atoms with Crippen LogP contribution in [0.4, 0.5) is 8.78 Å². The van der Waals surface area contributed by atoms with E-state index in [1.54, 1.807) is 0 Å². The molecule has 5 heteroatoms. The summed E-state index contributed by atoms with van der Waals surface area (Å²) in [6.45, 7) is 1.96. The SMILES string of the molecule is CC12CC3(F)CC(CC(F)(C3)C1)N2.N=O. The maximum Gasteiger partial charge on any atom is 0.117 e. The molecule has 4 fully saturated rings. The molecule has 15 heavy (non-hydrogen) atoms. The molecule has 2 saturated carbocycles. The molecule has 0 radical (unpaired) electrons. The van der Waals surface area contributed by atoms with Crippen LogP contribution in [0.2, 0.25) is 0 Å². The Morgan fingerprint density at radius 2 is 1.60 bits per heavy atom. The van der Waals surface area contributed by atoms with Gasteiger partial charge in [-0.25, -0.2) is 8.78 Å². The third-order valence-electron chi connectivity index (χ3n) is 3.82. The minimum atomic E-state index is -1.21. The minimum Gasteiger partial charge on any atom is -0.308 e. The van der Waals surface area contributed by atoms with E-state index in [2.05, 4.69) is 10.9 Å². The highest BCUT2D eigenvalue weighted by molar-refractivity contribution is 5.18. The molecule has 2 aliphatic heterocycles. The van der Waals surface area contributed by atoms with E-state index in [0.29, 0.717) is 25.7 Å². The summed E-state index contributed by atoms with van der Waals surface area (Å²) in [5.74, 6) is 0. The van der Waals surface area contributed by atoms with Crippen LogP contribution in [-0.2, 0) is 0 Å². The van der Waals surface area contributed by atoms with Gasteiger partial charge in [-0.1, -0.05) is 5.59 Å². The molecule has 3 nitrogen and oxygen atoms in total. The highest BCUT2D eigenvalue weighted by Crippen LogP contribution is 2.56. The molecule has 0 aromatic heterocycles. The average Bonchev–Trinajstić information content (AvgIpc) is 1.97. The van der Waals surface area contributed by atoms with Gasteiger partial charge in [0.2, 0.25) is 0 Å². The first-order chi connectivity index (χ1) is 6.91. The van der Waals surface area contributed by atoms with E-state index in [9.17, 15) is 8.78 Å². The Labute approximate surface area is 87.4 Å². The fourth-order valence-electron chi connectivity index (χ4n) is 4.09. The summed E-state index contributed by atoms with van der Waals surface area (Å²) in [4.78, 5) is 7.50. The molecule has 2 aliphatic carbocycles. The van der Waals surface area contributed by atoms with Crippen molar-refractivity contribution in [2.24, 2.45) is 0 Å². The predicted octanol–water partition coefficient (Wildman–Crippen LogP) is 2.44.